The zero-order valence-electron chi connectivity index (χ0n) is 12.3. The molecule has 5 N–H and O–H groups in total. The summed E-state index contributed by atoms with van der Waals surface area (Å²) in [7, 11) is -4.96. The Hall–Kier alpha value is -1.66. The summed E-state index contributed by atoms with van der Waals surface area (Å²) < 4.78 is 21.9. The molecule has 1 aliphatic rings. The molecule has 1 aliphatic heterocycles. The first-order valence-electron chi connectivity index (χ1n) is 6.67. The van der Waals surface area contributed by atoms with E-state index in [0.717, 1.165) is 10.6 Å². The van der Waals surface area contributed by atoms with Crippen molar-refractivity contribution in [3.05, 3.63) is 22.6 Å². The van der Waals surface area contributed by atoms with Gasteiger partial charge in [0.2, 0.25) is 11.9 Å². The number of nitrogens with one attached hydrogen (secondary N) is 1. The summed E-state index contributed by atoms with van der Waals surface area (Å²) in [6.07, 6.45) is -4.55. The minimum Gasteiger partial charge on any atom is -0.394 e. The van der Waals surface area contributed by atoms with Crippen LogP contribution in [0, 0.1) is 0 Å². The summed E-state index contributed by atoms with van der Waals surface area (Å²) >= 11 is 0. The van der Waals surface area contributed by atoms with E-state index in [0.29, 0.717) is 0 Å². The molecule has 0 bridgehead atoms. The van der Waals surface area contributed by atoms with Gasteiger partial charge in [0.15, 0.2) is 6.23 Å². The van der Waals surface area contributed by atoms with Crippen molar-refractivity contribution < 1.29 is 38.6 Å². The second kappa shape index (κ2) is 7.07. The Morgan fingerprint density at radius 2 is 2.21 bits per heavy atom. The molecular weight excluding hydrogens is 349 g/mol. The molecule has 0 aliphatic carbocycles. The summed E-state index contributed by atoms with van der Waals surface area (Å²) in [4.78, 5) is 43.9. The Kier molecular flexibility index (Phi) is 5.50. The van der Waals surface area contributed by atoms with Crippen LogP contribution >= 0.6 is 7.82 Å². The monoisotopic (exact) mass is 365 g/mol. The fraction of sp³-hybridized carbons (Fsp3) is 0.545. The quantitative estimate of drug-likeness (QED) is 0.364. The lowest BCUT2D eigenvalue weighted by Gasteiger charge is -2.22. The Labute approximate surface area is 134 Å². The molecule has 1 aromatic rings. The maximum Gasteiger partial charge on any atom is 0.470 e. The van der Waals surface area contributed by atoms with Gasteiger partial charge in [-0.25, -0.2) is 4.57 Å². The maximum absolute atomic E-state index is 11.3. The van der Waals surface area contributed by atoms with Gasteiger partial charge in [-0.05, 0) is 0 Å². The fourth-order valence-corrected chi connectivity index (χ4v) is 2.83. The average Bonchev–Trinajstić information content (AvgIpc) is 2.74. The Morgan fingerprint density at radius 3 is 2.75 bits per heavy atom. The van der Waals surface area contributed by atoms with Gasteiger partial charge in [0, 0.05) is 19.2 Å². The fourth-order valence-electron chi connectivity index (χ4n) is 2.25. The number of phosphoric ester groups is 1. The molecule has 1 amide bonds. The molecule has 134 valence electrons. The maximum atomic E-state index is 11.3. The van der Waals surface area contributed by atoms with E-state index in [9.17, 15) is 24.4 Å². The molecule has 2 heterocycles. The van der Waals surface area contributed by atoms with Gasteiger partial charge in [0.25, 0.3) is 5.56 Å². The number of nitrogens with zero attached hydrogens (tertiary/aromatic N) is 2. The van der Waals surface area contributed by atoms with Crippen molar-refractivity contribution in [2.75, 3.05) is 11.9 Å². The summed E-state index contributed by atoms with van der Waals surface area (Å²) in [6.45, 7) is 0.479. The topological polar surface area (TPSA) is 180 Å². The summed E-state index contributed by atoms with van der Waals surface area (Å²) in [5.74, 6) is -0.788. The third-order valence-electron chi connectivity index (χ3n) is 3.15. The molecule has 0 aromatic carbocycles. The number of carbonyl (C=O) groups is 1. The highest BCUT2D eigenvalue weighted by atomic mass is 31.2. The largest absolute Gasteiger partial charge is 0.470 e. The number of amides is 1. The van der Waals surface area contributed by atoms with Crippen LogP contribution < -0.4 is 10.9 Å². The molecule has 1 aromatic heterocycles. The van der Waals surface area contributed by atoms with Crippen LogP contribution in [0.5, 0.6) is 0 Å². The van der Waals surface area contributed by atoms with Crippen LogP contribution in [0.1, 0.15) is 13.2 Å². The molecule has 13 heteroatoms. The van der Waals surface area contributed by atoms with E-state index in [4.69, 9.17) is 14.5 Å². The Bertz CT molecular complexity index is 717. The molecule has 12 nitrogen and oxygen atoms in total. The number of hydrogen-bond donors (Lipinski definition) is 5. The van der Waals surface area contributed by atoms with E-state index in [-0.39, 0.29) is 5.95 Å². The van der Waals surface area contributed by atoms with Gasteiger partial charge in [-0.1, -0.05) is 0 Å². The average molecular weight is 365 g/mol. The van der Waals surface area contributed by atoms with Crippen molar-refractivity contribution >= 4 is 19.7 Å². The van der Waals surface area contributed by atoms with Crippen LogP contribution in [0.3, 0.4) is 0 Å². The number of aromatic nitrogens is 2. The number of anilines is 1. The molecule has 0 saturated carbocycles. The van der Waals surface area contributed by atoms with E-state index in [1.54, 1.807) is 0 Å². The van der Waals surface area contributed by atoms with Crippen LogP contribution in [0.15, 0.2) is 17.1 Å². The SMILES string of the molecule is CC(=O)Nc1nc(=O)ccn1[C@@H]1O[C@H](CO)[C@@H](OP(=O)(O)O)[C@H]1O. The first kappa shape index (κ1) is 18.7. The number of hydrogen-bond acceptors (Lipinski definition) is 8. The van der Waals surface area contributed by atoms with E-state index in [2.05, 4.69) is 14.8 Å². The number of aliphatic hydroxyl groups is 2. The molecule has 0 spiro atoms. The summed E-state index contributed by atoms with van der Waals surface area (Å²) in [5.41, 5.74) is -0.663. The number of aliphatic hydroxyl groups excluding tert-OH is 2. The predicted molar refractivity (Wildman–Crippen MR) is 76.7 cm³/mol. The standard InChI is InChI=1S/C11H16N3O9P/c1-5(16)12-11-13-7(17)2-3-14(11)10-8(18)9(6(4-15)22-10)23-24(19,20)21/h2-3,6,8-10,15,18H,4H2,1H3,(H2,19,20,21)(H,12,13,16,17)/t6-,8-,9-,10-/m1/s1. The number of phosphoric acid groups is 1. The minimum atomic E-state index is -4.96. The lowest BCUT2D eigenvalue weighted by Crippen LogP contribution is -2.35. The van der Waals surface area contributed by atoms with Gasteiger partial charge < -0.3 is 24.7 Å². The highest BCUT2D eigenvalue weighted by Crippen LogP contribution is 2.43. The molecule has 1 fully saturated rings. The van der Waals surface area contributed by atoms with Crippen molar-refractivity contribution in [1.29, 1.82) is 0 Å². The molecule has 2 rings (SSSR count). The van der Waals surface area contributed by atoms with E-state index in [1.165, 1.54) is 13.1 Å². The van der Waals surface area contributed by atoms with Crippen LogP contribution in [0.4, 0.5) is 5.95 Å². The van der Waals surface area contributed by atoms with E-state index >= 15 is 0 Å². The van der Waals surface area contributed by atoms with Gasteiger partial charge >= 0.3 is 7.82 Å². The van der Waals surface area contributed by atoms with Gasteiger partial charge in [-0.3, -0.25) is 24.0 Å². The molecule has 0 radical (unpaired) electrons. The van der Waals surface area contributed by atoms with E-state index in [1.807, 2.05) is 0 Å². The lowest BCUT2D eigenvalue weighted by atomic mass is 10.1. The minimum absolute atomic E-state index is 0.243. The lowest BCUT2D eigenvalue weighted by molar-refractivity contribution is -0.114. The van der Waals surface area contributed by atoms with Crippen molar-refractivity contribution in [2.45, 2.75) is 31.5 Å². The third kappa shape index (κ3) is 4.24. The van der Waals surface area contributed by atoms with Crippen molar-refractivity contribution in [1.82, 2.24) is 9.55 Å². The highest BCUT2D eigenvalue weighted by molar-refractivity contribution is 7.46. The van der Waals surface area contributed by atoms with E-state index < -0.39 is 50.4 Å². The molecule has 4 atom stereocenters. The first-order valence-corrected chi connectivity index (χ1v) is 8.20. The number of carbonyl (C=O) groups excluding carboxylic acids is 1. The van der Waals surface area contributed by atoms with Crippen molar-refractivity contribution in [2.24, 2.45) is 0 Å². The van der Waals surface area contributed by atoms with Gasteiger partial charge in [-0.2, -0.15) is 4.98 Å². The predicted octanol–water partition coefficient (Wildman–Crippen LogP) is -2.07. The number of ether oxygens (including phenoxy) is 1. The molecular formula is C11H16N3O9P. The normalized spacial score (nSPS) is 27.2. The summed E-state index contributed by atoms with van der Waals surface area (Å²) in [6, 6.07) is 1.03. The summed E-state index contributed by atoms with van der Waals surface area (Å²) in [5, 5.41) is 21.8. The van der Waals surface area contributed by atoms with Gasteiger partial charge in [0.05, 0.1) is 6.61 Å². The highest BCUT2D eigenvalue weighted by Gasteiger charge is 2.48. The van der Waals surface area contributed by atoms with Crippen LogP contribution in [0.25, 0.3) is 0 Å². The van der Waals surface area contributed by atoms with Gasteiger partial charge in [0.1, 0.15) is 18.3 Å². The zero-order valence-corrected chi connectivity index (χ0v) is 13.2. The van der Waals surface area contributed by atoms with Crippen LogP contribution in [-0.4, -0.2) is 60.4 Å². The molecule has 24 heavy (non-hydrogen) atoms. The smallest absolute Gasteiger partial charge is 0.394 e. The second-order valence-corrected chi connectivity index (χ2v) is 6.17. The van der Waals surface area contributed by atoms with Crippen molar-refractivity contribution in [3.63, 3.8) is 0 Å². The number of rotatable bonds is 5. The second-order valence-electron chi connectivity index (χ2n) is 4.98. The zero-order chi connectivity index (χ0) is 18.1. The molecule has 1 saturated heterocycles. The Balaban J connectivity index is 2.37. The van der Waals surface area contributed by atoms with Gasteiger partial charge in [-0.15, -0.1) is 0 Å². The van der Waals surface area contributed by atoms with Crippen molar-refractivity contribution in [3.8, 4) is 0 Å². The van der Waals surface area contributed by atoms with Crippen LogP contribution in [0.2, 0.25) is 0 Å². The first-order chi connectivity index (χ1) is 11.1. The molecule has 0 unspecified atom stereocenters. The van der Waals surface area contributed by atoms with Crippen LogP contribution in [-0.2, 0) is 18.6 Å². The Morgan fingerprint density at radius 1 is 1.54 bits per heavy atom. The third-order valence-corrected chi connectivity index (χ3v) is 3.67.